The summed E-state index contributed by atoms with van der Waals surface area (Å²) in [5.41, 5.74) is 3.05. The lowest BCUT2D eigenvalue weighted by atomic mass is 10.1. The van der Waals surface area contributed by atoms with E-state index < -0.39 is 0 Å². The van der Waals surface area contributed by atoms with Crippen LogP contribution in [0.25, 0.3) is 11.5 Å². The summed E-state index contributed by atoms with van der Waals surface area (Å²) in [6, 6.07) is 8.04. The Labute approximate surface area is 141 Å². The predicted molar refractivity (Wildman–Crippen MR) is 90.9 cm³/mol. The smallest absolute Gasteiger partial charge is 0.317 e. The molecule has 0 spiro atoms. The molecular weight excluding hydrogens is 306 g/mol. The summed E-state index contributed by atoms with van der Waals surface area (Å²) in [4.78, 5) is 18.4. The van der Waals surface area contributed by atoms with Crippen molar-refractivity contribution in [2.75, 3.05) is 32.8 Å². The number of carbonyl (C=O) groups excluding carboxylic acids is 1. The van der Waals surface area contributed by atoms with Gasteiger partial charge in [-0.3, -0.25) is 0 Å². The molecule has 2 aromatic rings. The second kappa shape index (κ2) is 7.49. The van der Waals surface area contributed by atoms with Crippen molar-refractivity contribution in [2.45, 2.75) is 20.3 Å². The molecular formula is C18H23N3O3. The number of carbonyl (C=O) groups is 1. The van der Waals surface area contributed by atoms with Crippen molar-refractivity contribution in [3.8, 4) is 11.5 Å². The van der Waals surface area contributed by atoms with Crippen molar-refractivity contribution < 1.29 is 13.9 Å². The molecule has 1 aromatic heterocycles. The van der Waals surface area contributed by atoms with Gasteiger partial charge >= 0.3 is 6.03 Å². The highest BCUT2D eigenvalue weighted by atomic mass is 16.5. The zero-order chi connectivity index (χ0) is 16.9. The fraction of sp³-hybridized carbons (Fsp3) is 0.444. The maximum atomic E-state index is 12.0. The van der Waals surface area contributed by atoms with Crippen LogP contribution in [0.1, 0.15) is 17.0 Å². The van der Waals surface area contributed by atoms with Crippen LogP contribution in [0.5, 0.6) is 0 Å². The minimum absolute atomic E-state index is 0.0433. The Morgan fingerprint density at radius 1 is 1.21 bits per heavy atom. The number of nitrogens with one attached hydrogen (secondary N) is 1. The lowest BCUT2D eigenvalue weighted by molar-refractivity contribution is 0.0533. The van der Waals surface area contributed by atoms with E-state index in [0.717, 1.165) is 17.0 Å². The molecule has 1 aromatic carbocycles. The van der Waals surface area contributed by atoms with Gasteiger partial charge in [0.15, 0.2) is 0 Å². The molecule has 0 aliphatic carbocycles. The zero-order valence-corrected chi connectivity index (χ0v) is 14.2. The fourth-order valence-electron chi connectivity index (χ4n) is 2.65. The average molecular weight is 329 g/mol. The first-order valence-corrected chi connectivity index (χ1v) is 8.27. The van der Waals surface area contributed by atoms with Crippen LogP contribution in [0.3, 0.4) is 0 Å². The first-order chi connectivity index (χ1) is 11.6. The molecule has 0 bridgehead atoms. The summed E-state index contributed by atoms with van der Waals surface area (Å²) in [6.07, 6.45) is 0.650. The first-order valence-electron chi connectivity index (χ1n) is 8.27. The van der Waals surface area contributed by atoms with Crippen LogP contribution in [-0.4, -0.2) is 48.8 Å². The highest BCUT2D eigenvalue weighted by molar-refractivity contribution is 5.74. The summed E-state index contributed by atoms with van der Waals surface area (Å²) >= 11 is 0. The van der Waals surface area contributed by atoms with Gasteiger partial charge < -0.3 is 19.4 Å². The van der Waals surface area contributed by atoms with Gasteiger partial charge in [-0.1, -0.05) is 17.7 Å². The maximum absolute atomic E-state index is 12.0. The quantitative estimate of drug-likeness (QED) is 0.936. The van der Waals surface area contributed by atoms with E-state index in [0.29, 0.717) is 45.2 Å². The van der Waals surface area contributed by atoms with E-state index in [1.54, 1.807) is 4.90 Å². The van der Waals surface area contributed by atoms with Crippen LogP contribution in [-0.2, 0) is 11.2 Å². The molecule has 1 saturated heterocycles. The number of aryl methyl sites for hydroxylation is 2. The van der Waals surface area contributed by atoms with Crippen LogP contribution >= 0.6 is 0 Å². The van der Waals surface area contributed by atoms with E-state index >= 15 is 0 Å². The van der Waals surface area contributed by atoms with Gasteiger partial charge in [-0.2, -0.15) is 0 Å². The molecule has 1 aliphatic heterocycles. The molecule has 6 nitrogen and oxygen atoms in total. The topological polar surface area (TPSA) is 67.6 Å². The van der Waals surface area contributed by atoms with Gasteiger partial charge in [0.1, 0.15) is 5.76 Å². The Morgan fingerprint density at radius 2 is 1.92 bits per heavy atom. The Kier molecular flexibility index (Phi) is 5.15. The number of urea groups is 1. The Hall–Kier alpha value is -2.34. The average Bonchev–Trinajstić information content (AvgIpc) is 2.97. The summed E-state index contributed by atoms with van der Waals surface area (Å²) in [6.45, 7) is 7.00. The van der Waals surface area contributed by atoms with Crippen molar-refractivity contribution >= 4 is 6.03 Å². The van der Waals surface area contributed by atoms with Gasteiger partial charge in [-0.15, -0.1) is 0 Å². The van der Waals surface area contributed by atoms with Gasteiger partial charge in [0.2, 0.25) is 5.89 Å². The number of hydrogen-bond acceptors (Lipinski definition) is 4. The van der Waals surface area contributed by atoms with E-state index in [4.69, 9.17) is 9.15 Å². The molecule has 6 heteroatoms. The maximum Gasteiger partial charge on any atom is 0.317 e. The third-order valence-corrected chi connectivity index (χ3v) is 4.13. The third-order valence-electron chi connectivity index (χ3n) is 4.13. The van der Waals surface area contributed by atoms with Gasteiger partial charge in [0, 0.05) is 31.6 Å². The summed E-state index contributed by atoms with van der Waals surface area (Å²) < 4.78 is 11.0. The van der Waals surface area contributed by atoms with Crippen molar-refractivity contribution in [2.24, 2.45) is 0 Å². The van der Waals surface area contributed by atoms with E-state index in [1.165, 1.54) is 5.56 Å². The van der Waals surface area contributed by atoms with Gasteiger partial charge in [-0.25, -0.2) is 9.78 Å². The summed E-state index contributed by atoms with van der Waals surface area (Å²) in [5.74, 6) is 1.42. The van der Waals surface area contributed by atoms with Crippen molar-refractivity contribution in [3.05, 3.63) is 41.3 Å². The normalized spacial score (nSPS) is 14.7. The molecule has 0 atom stereocenters. The second-order valence-corrected chi connectivity index (χ2v) is 5.97. The van der Waals surface area contributed by atoms with Crippen molar-refractivity contribution in [1.29, 1.82) is 0 Å². The van der Waals surface area contributed by atoms with Crippen LogP contribution in [0, 0.1) is 13.8 Å². The molecule has 0 unspecified atom stereocenters. The molecule has 1 aliphatic rings. The largest absolute Gasteiger partial charge is 0.441 e. The highest BCUT2D eigenvalue weighted by Crippen LogP contribution is 2.22. The molecule has 1 fully saturated rings. The Balaban J connectivity index is 1.55. The minimum atomic E-state index is -0.0433. The van der Waals surface area contributed by atoms with E-state index in [1.807, 2.05) is 38.1 Å². The molecule has 0 radical (unpaired) electrons. The lowest BCUT2D eigenvalue weighted by Gasteiger charge is -2.26. The van der Waals surface area contributed by atoms with Gasteiger partial charge in [0.05, 0.1) is 18.9 Å². The van der Waals surface area contributed by atoms with Crippen LogP contribution in [0.15, 0.2) is 28.7 Å². The second-order valence-electron chi connectivity index (χ2n) is 5.97. The predicted octanol–water partition coefficient (Wildman–Crippen LogP) is 2.54. The lowest BCUT2D eigenvalue weighted by Crippen LogP contribution is -2.46. The Morgan fingerprint density at radius 3 is 2.62 bits per heavy atom. The van der Waals surface area contributed by atoms with E-state index in [2.05, 4.69) is 10.3 Å². The monoisotopic (exact) mass is 329 g/mol. The molecule has 3 rings (SSSR count). The number of amides is 2. The first kappa shape index (κ1) is 16.5. The van der Waals surface area contributed by atoms with Crippen LogP contribution in [0.4, 0.5) is 4.79 Å². The fourth-order valence-corrected chi connectivity index (χ4v) is 2.65. The van der Waals surface area contributed by atoms with Gasteiger partial charge in [0.25, 0.3) is 0 Å². The van der Waals surface area contributed by atoms with Crippen LogP contribution < -0.4 is 5.32 Å². The summed E-state index contributed by atoms with van der Waals surface area (Å²) in [5, 5.41) is 2.93. The number of aromatic nitrogens is 1. The highest BCUT2D eigenvalue weighted by Gasteiger charge is 2.17. The van der Waals surface area contributed by atoms with Crippen molar-refractivity contribution in [1.82, 2.24) is 15.2 Å². The third kappa shape index (κ3) is 3.94. The van der Waals surface area contributed by atoms with E-state index in [-0.39, 0.29) is 6.03 Å². The number of benzene rings is 1. The number of oxazole rings is 1. The van der Waals surface area contributed by atoms with E-state index in [9.17, 15) is 4.79 Å². The number of hydrogen-bond donors (Lipinski definition) is 1. The van der Waals surface area contributed by atoms with Crippen molar-refractivity contribution in [3.63, 3.8) is 0 Å². The standard InChI is InChI=1S/C18H23N3O3/c1-13-3-5-15(6-4-13)17-20-16(14(2)24-17)7-8-19-18(22)21-9-11-23-12-10-21/h3-6H,7-12H2,1-2H3,(H,19,22). The van der Waals surface area contributed by atoms with Crippen LogP contribution in [0.2, 0.25) is 0 Å². The molecule has 1 N–H and O–H groups in total. The Bertz CT molecular complexity index is 688. The van der Waals surface area contributed by atoms with Gasteiger partial charge in [-0.05, 0) is 26.0 Å². The number of nitrogens with zero attached hydrogens (tertiary/aromatic N) is 2. The molecule has 2 amide bonds. The zero-order valence-electron chi connectivity index (χ0n) is 14.2. The molecule has 24 heavy (non-hydrogen) atoms. The molecule has 128 valence electrons. The minimum Gasteiger partial charge on any atom is -0.441 e. The number of ether oxygens (including phenoxy) is 1. The molecule has 2 heterocycles. The SMILES string of the molecule is Cc1ccc(-c2nc(CCNC(=O)N3CCOCC3)c(C)o2)cc1. The number of rotatable bonds is 4. The molecule has 0 saturated carbocycles. The summed E-state index contributed by atoms with van der Waals surface area (Å²) in [7, 11) is 0. The number of morpholine rings is 1.